The van der Waals surface area contributed by atoms with E-state index in [0.717, 1.165) is 24.3 Å². The Labute approximate surface area is 106 Å². The van der Waals surface area contributed by atoms with Gasteiger partial charge >= 0.3 is 0 Å². The van der Waals surface area contributed by atoms with Crippen LogP contribution in [0.1, 0.15) is 36.1 Å². The fourth-order valence-corrected chi connectivity index (χ4v) is 3.79. The normalized spacial score (nSPS) is 25.1. The molecule has 1 aliphatic rings. The number of aromatic nitrogens is 1. The Morgan fingerprint density at radius 3 is 3.06 bits per heavy atom. The third kappa shape index (κ3) is 3.22. The van der Waals surface area contributed by atoms with E-state index in [0.29, 0.717) is 0 Å². The maximum absolute atomic E-state index is 4.39. The van der Waals surface area contributed by atoms with Gasteiger partial charge in [-0.05, 0) is 31.9 Å². The minimum Gasteiger partial charge on any atom is -0.309 e. The summed E-state index contributed by atoms with van der Waals surface area (Å²) >= 11 is 3.86. The Morgan fingerprint density at radius 1 is 1.56 bits per heavy atom. The van der Waals surface area contributed by atoms with Crippen LogP contribution in [-0.2, 0) is 13.0 Å². The molecule has 16 heavy (non-hydrogen) atoms. The lowest BCUT2D eigenvalue weighted by Gasteiger charge is -2.11. The summed E-state index contributed by atoms with van der Waals surface area (Å²) in [6, 6.07) is 0.727. The largest absolute Gasteiger partial charge is 0.309 e. The van der Waals surface area contributed by atoms with Gasteiger partial charge in [-0.1, -0.05) is 6.92 Å². The standard InChI is InChI=1S/C12H20N2S2/c1-3-12-14-8-11(16-12)7-13-9-4-5-10(6-9)15-2/h8-10,13H,3-7H2,1-2H3. The van der Waals surface area contributed by atoms with Crippen molar-refractivity contribution in [2.45, 2.75) is 50.4 Å². The van der Waals surface area contributed by atoms with E-state index in [2.05, 4.69) is 23.5 Å². The van der Waals surface area contributed by atoms with Crippen molar-refractivity contribution in [3.63, 3.8) is 0 Å². The summed E-state index contributed by atoms with van der Waals surface area (Å²) in [5.74, 6) is 0. The van der Waals surface area contributed by atoms with Gasteiger partial charge in [0, 0.05) is 28.9 Å². The average molecular weight is 256 g/mol. The summed E-state index contributed by atoms with van der Waals surface area (Å²) in [5, 5.41) is 5.79. The summed E-state index contributed by atoms with van der Waals surface area (Å²) < 4.78 is 0. The minimum atomic E-state index is 0.727. The van der Waals surface area contributed by atoms with Crippen LogP contribution in [0.5, 0.6) is 0 Å². The Balaban J connectivity index is 1.75. The lowest BCUT2D eigenvalue weighted by atomic mass is 10.2. The van der Waals surface area contributed by atoms with E-state index in [1.807, 2.05) is 29.3 Å². The molecule has 2 atom stereocenters. The van der Waals surface area contributed by atoms with Gasteiger partial charge in [0.05, 0.1) is 5.01 Å². The molecule has 2 nitrogen and oxygen atoms in total. The molecule has 1 saturated carbocycles. The maximum atomic E-state index is 4.39. The third-order valence-corrected chi connectivity index (χ3v) is 5.42. The van der Waals surface area contributed by atoms with Crippen molar-refractivity contribution in [2.75, 3.05) is 6.26 Å². The van der Waals surface area contributed by atoms with Crippen molar-refractivity contribution in [1.82, 2.24) is 10.3 Å². The number of nitrogens with one attached hydrogen (secondary N) is 1. The third-order valence-electron chi connectivity index (χ3n) is 3.19. The van der Waals surface area contributed by atoms with Crippen molar-refractivity contribution >= 4 is 23.1 Å². The predicted octanol–water partition coefficient (Wildman–Crippen LogP) is 3.08. The van der Waals surface area contributed by atoms with Crippen LogP contribution < -0.4 is 5.32 Å². The van der Waals surface area contributed by atoms with Gasteiger partial charge in [-0.3, -0.25) is 0 Å². The molecule has 0 bridgehead atoms. The van der Waals surface area contributed by atoms with E-state index in [1.54, 1.807) is 0 Å². The molecule has 0 aliphatic heterocycles. The van der Waals surface area contributed by atoms with Gasteiger partial charge in [0.15, 0.2) is 0 Å². The zero-order valence-corrected chi connectivity index (χ0v) is 11.7. The Morgan fingerprint density at radius 2 is 2.44 bits per heavy atom. The van der Waals surface area contributed by atoms with Crippen LogP contribution in [0.3, 0.4) is 0 Å². The summed E-state index contributed by atoms with van der Waals surface area (Å²) in [4.78, 5) is 5.76. The molecule has 0 aromatic carbocycles. The van der Waals surface area contributed by atoms with E-state index >= 15 is 0 Å². The van der Waals surface area contributed by atoms with Crippen LogP contribution in [0.25, 0.3) is 0 Å². The van der Waals surface area contributed by atoms with Crippen LogP contribution in [0, 0.1) is 0 Å². The van der Waals surface area contributed by atoms with Crippen molar-refractivity contribution < 1.29 is 0 Å². The first-order chi connectivity index (χ1) is 7.81. The van der Waals surface area contributed by atoms with Gasteiger partial charge in [0.2, 0.25) is 0 Å². The van der Waals surface area contributed by atoms with Crippen molar-refractivity contribution in [3.05, 3.63) is 16.1 Å². The second-order valence-electron chi connectivity index (χ2n) is 4.32. The summed E-state index contributed by atoms with van der Waals surface area (Å²) in [7, 11) is 0. The van der Waals surface area contributed by atoms with E-state index in [1.165, 1.54) is 29.1 Å². The monoisotopic (exact) mass is 256 g/mol. The molecular weight excluding hydrogens is 236 g/mol. The molecule has 2 rings (SSSR count). The summed E-state index contributed by atoms with van der Waals surface area (Å²) in [5.41, 5.74) is 0. The first-order valence-corrected chi connectivity index (χ1v) is 8.12. The van der Waals surface area contributed by atoms with Gasteiger partial charge in [-0.15, -0.1) is 11.3 Å². The fraction of sp³-hybridized carbons (Fsp3) is 0.750. The number of hydrogen-bond acceptors (Lipinski definition) is 4. The SMILES string of the molecule is CCc1ncc(CNC2CCC(SC)C2)s1. The molecule has 1 aromatic heterocycles. The fourth-order valence-electron chi connectivity index (χ4n) is 2.18. The molecule has 0 amide bonds. The second-order valence-corrected chi connectivity index (χ2v) is 6.66. The van der Waals surface area contributed by atoms with Gasteiger partial charge < -0.3 is 5.32 Å². The Hall–Kier alpha value is -0.0600. The van der Waals surface area contributed by atoms with Crippen molar-refractivity contribution in [2.24, 2.45) is 0 Å². The van der Waals surface area contributed by atoms with Crippen molar-refractivity contribution in [1.29, 1.82) is 0 Å². The van der Waals surface area contributed by atoms with Crippen LogP contribution in [0.15, 0.2) is 6.20 Å². The zero-order valence-electron chi connectivity index (χ0n) is 10.0. The number of nitrogens with zero attached hydrogens (tertiary/aromatic N) is 1. The average Bonchev–Trinajstić information content (AvgIpc) is 2.95. The van der Waals surface area contributed by atoms with Crippen LogP contribution >= 0.6 is 23.1 Å². The first-order valence-electron chi connectivity index (χ1n) is 6.01. The van der Waals surface area contributed by atoms with E-state index < -0.39 is 0 Å². The highest BCUT2D eigenvalue weighted by Crippen LogP contribution is 2.28. The molecule has 0 spiro atoms. The molecule has 1 fully saturated rings. The van der Waals surface area contributed by atoms with Gasteiger partial charge in [0.25, 0.3) is 0 Å². The van der Waals surface area contributed by atoms with Crippen molar-refractivity contribution in [3.8, 4) is 0 Å². The number of aryl methyl sites for hydroxylation is 1. The molecule has 2 unspecified atom stereocenters. The van der Waals surface area contributed by atoms with E-state index in [-0.39, 0.29) is 0 Å². The number of rotatable bonds is 5. The molecule has 1 aromatic rings. The topological polar surface area (TPSA) is 24.9 Å². The second kappa shape index (κ2) is 6.03. The van der Waals surface area contributed by atoms with Crippen LogP contribution in [0.4, 0.5) is 0 Å². The first kappa shape index (κ1) is 12.4. The highest BCUT2D eigenvalue weighted by molar-refractivity contribution is 7.99. The lowest BCUT2D eigenvalue weighted by Crippen LogP contribution is -2.25. The van der Waals surface area contributed by atoms with Crippen LogP contribution in [-0.4, -0.2) is 22.5 Å². The molecule has 4 heteroatoms. The van der Waals surface area contributed by atoms with Gasteiger partial charge in [-0.25, -0.2) is 4.98 Å². The number of thioether (sulfide) groups is 1. The molecule has 1 aliphatic carbocycles. The van der Waals surface area contributed by atoms with E-state index in [9.17, 15) is 0 Å². The Kier molecular flexibility index (Phi) is 4.67. The molecule has 0 radical (unpaired) electrons. The highest BCUT2D eigenvalue weighted by atomic mass is 32.2. The smallest absolute Gasteiger partial charge is 0.0925 e. The molecule has 0 saturated heterocycles. The molecular formula is C12H20N2S2. The quantitative estimate of drug-likeness (QED) is 0.876. The van der Waals surface area contributed by atoms with E-state index in [4.69, 9.17) is 0 Å². The van der Waals surface area contributed by atoms with Gasteiger partial charge in [0.1, 0.15) is 0 Å². The zero-order chi connectivity index (χ0) is 11.4. The minimum absolute atomic E-state index is 0.727. The molecule has 1 N–H and O–H groups in total. The maximum Gasteiger partial charge on any atom is 0.0925 e. The number of thiazole rings is 1. The summed E-state index contributed by atoms with van der Waals surface area (Å²) in [6.45, 7) is 3.17. The highest BCUT2D eigenvalue weighted by Gasteiger charge is 2.23. The summed E-state index contributed by atoms with van der Waals surface area (Å²) in [6.07, 6.45) is 9.36. The Bertz CT molecular complexity index is 325. The molecule has 90 valence electrons. The lowest BCUT2D eigenvalue weighted by molar-refractivity contribution is 0.528. The number of hydrogen-bond donors (Lipinski definition) is 1. The molecule has 1 heterocycles. The predicted molar refractivity (Wildman–Crippen MR) is 73.3 cm³/mol. The van der Waals surface area contributed by atoms with Gasteiger partial charge in [-0.2, -0.15) is 11.8 Å². The van der Waals surface area contributed by atoms with Crippen LogP contribution in [0.2, 0.25) is 0 Å².